The summed E-state index contributed by atoms with van der Waals surface area (Å²) < 4.78 is 59.3. The first-order valence-corrected chi connectivity index (χ1v) is 31.6. The van der Waals surface area contributed by atoms with E-state index in [9.17, 15) is 97.0 Å². The van der Waals surface area contributed by atoms with E-state index >= 15 is 0 Å². The van der Waals surface area contributed by atoms with Crippen molar-refractivity contribution in [3.05, 3.63) is 11.6 Å². The monoisotopic (exact) mass is 1290 g/mol. The van der Waals surface area contributed by atoms with Crippen molar-refractivity contribution in [3.63, 3.8) is 0 Å². The predicted molar refractivity (Wildman–Crippen MR) is 300 cm³/mol. The summed E-state index contributed by atoms with van der Waals surface area (Å²) in [5, 5.41) is 205. The molecule has 29 heteroatoms. The molecule has 8 fully saturated rings. The molecule has 3 saturated carbocycles. The van der Waals surface area contributed by atoms with Crippen LogP contribution in [0.15, 0.2) is 11.6 Å². The van der Waals surface area contributed by atoms with E-state index in [0.717, 1.165) is 18.4 Å². The second kappa shape index (κ2) is 27.6. The number of aliphatic hydroxyl groups is 19. The molecular weight excluding hydrogens is 1180 g/mol. The maximum absolute atomic E-state index is 12.8. The molecule has 0 aromatic carbocycles. The van der Waals surface area contributed by atoms with Gasteiger partial charge in [-0.25, -0.2) is 0 Å². The molecule has 0 spiro atoms. The summed E-state index contributed by atoms with van der Waals surface area (Å²) in [5.74, 6) is -0.0172. The van der Waals surface area contributed by atoms with E-state index in [1.807, 2.05) is 13.8 Å². The first kappa shape index (κ1) is 71.9. The molecule has 9 rings (SSSR count). The molecule has 0 aromatic heterocycles. The van der Waals surface area contributed by atoms with Crippen molar-refractivity contribution in [1.29, 1.82) is 0 Å². The van der Waals surface area contributed by atoms with E-state index in [0.29, 0.717) is 32.1 Å². The zero-order valence-corrected chi connectivity index (χ0v) is 51.8. The van der Waals surface area contributed by atoms with Crippen LogP contribution >= 0.6 is 0 Å². The van der Waals surface area contributed by atoms with E-state index in [-0.39, 0.29) is 35.5 Å². The number of hydrogen-bond acceptors (Lipinski definition) is 29. The van der Waals surface area contributed by atoms with Gasteiger partial charge in [-0.05, 0) is 99.7 Å². The van der Waals surface area contributed by atoms with Crippen molar-refractivity contribution < 1.29 is 144 Å². The molecule has 516 valence electrons. The maximum atomic E-state index is 12.8. The maximum Gasteiger partial charge on any atom is 0.187 e. The van der Waals surface area contributed by atoms with Gasteiger partial charge < -0.3 is 144 Å². The number of rotatable bonds is 20. The lowest BCUT2D eigenvalue weighted by atomic mass is 9.38. The highest BCUT2D eigenvalue weighted by molar-refractivity contribution is 5.32. The average molecular weight is 1290 g/mol. The van der Waals surface area contributed by atoms with E-state index in [1.165, 1.54) is 13.8 Å². The first-order valence-electron chi connectivity index (χ1n) is 31.6. The fourth-order valence-corrected chi connectivity index (χ4v) is 17.0. The van der Waals surface area contributed by atoms with Gasteiger partial charge in [0.2, 0.25) is 0 Å². The Morgan fingerprint density at radius 3 is 1.45 bits per heavy atom. The standard InChI is InChI=1S/C60H102O29/c1-23(9-13-35(57(4,5)79)88-55-50(89-54-49(78)43(72)38(67)29(20-63)84-54)45(74)40(69)31(86-55)22-81-52-47(76)42(71)37(66)28(19-62)83-52)24-15-16-58(6)32-12-10-25-26(60(32,8)33(64)17-59(24,58)7)11-14-34(56(25,2)3)87-53-48(77)44(73)39(68)30(85-53)21-80-51-46(75)41(70)36(65)27(18-61)82-51/h10,23-24,26-55,61-79H,9,11-22H2,1-8H3/t23-,24?,26?,27-,28-,29-,30-,31-,32?,33-,34+,35-,36-,37-,38-,39-,40-,41+,42+,43+,44+,45+,46-,47-,48-,49-,50-,51+,52-,53+,54+,55+,58+,59-,60+/m1/s1. The van der Waals surface area contributed by atoms with Gasteiger partial charge in [0.1, 0.15) is 122 Å². The summed E-state index contributed by atoms with van der Waals surface area (Å²) in [5.41, 5.74) is -2.49. The minimum Gasteiger partial charge on any atom is -0.394 e. The summed E-state index contributed by atoms with van der Waals surface area (Å²) in [7, 11) is 0. The van der Waals surface area contributed by atoms with Crippen molar-refractivity contribution in [3.8, 4) is 0 Å². The third kappa shape index (κ3) is 13.1. The molecule has 35 atom stereocenters. The zero-order valence-electron chi connectivity index (χ0n) is 51.8. The fraction of sp³-hybridized carbons (Fsp3) is 0.967. The highest BCUT2D eigenvalue weighted by Crippen LogP contribution is 2.75. The summed E-state index contributed by atoms with van der Waals surface area (Å²) in [6.07, 6.45) is -37.4. The number of fused-ring (bicyclic) bond motifs is 5. The van der Waals surface area contributed by atoms with Crippen LogP contribution < -0.4 is 0 Å². The van der Waals surface area contributed by atoms with Crippen molar-refractivity contribution in [1.82, 2.24) is 0 Å². The SMILES string of the molecule is C[C@H](CC[C@@H](O[C@@H]1O[C@H](CO[C@@H]2O[C@H](CO)[C@@H](O)[C@H](O)[C@H]2O)[C@@H](O)[C@H](O)[C@H]1O[C@@H]1O[C@H](CO)[C@@H](O)[C@H](O)[C@H]1O)C(C)(C)O)C1CC[C@@]2(C)C3CC=C4C(CC[C@H](O[C@@H]5O[C@H](CO[C@H]6O[C@H](CO)[C@@H](O)[C@H](O)[C@H]6O)[C@@H](O)[C@H](O)[C@H]5O)C4(C)C)[C@]3(C)[C@H](O)C[C@]12C. The van der Waals surface area contributed by atoms with Gasteiger partial charge in [0.15, 0.2) is 31.5 Å². The van der Waals surface area contributed by atoms with Gasteiger partial charge in [-0.2, -0.15) is 0 Å². The molecule has 29 nitrogen and oxygen atoms in total. The van der Waals surface area contributed by atoms with Crippen molar-refractivity contribution in [2.75, 3.05) is 33.0 Å². The molecule has 19 N–H and O–H groups in total. The van der Waals surface area contributed by atoms with Crippen LogP contribution in [0, 0.1) is 45.3 Å². The van der Waals surface area contributed by atoms with Crippen LogP contribution in [0.4, 0.5) is 0 Å². The number of hydrogen-bond donors (Lipinski definition) is 19. The Kier molecular flexibility index (Phi) is 22.3. The van der Waals surface area contributed by atoms with Gasteiger partial charge >= 0.3 is 0 Å². The quantitative estimate of drug-likeness (QED) is 0.0506. The second-order valence-corrected chi connectivity index (χ2v) is 28.7. The van der Waals surface area contributed by atoms with Crippen LogP contribution in [0.2, 0.25) is 0 Å². The van der Waals surface area contributed by atoms with Crippen LogP contribution in [0.5, 0.6) is 0 Å². The third-order valence-electron chi connectivity index (χ3n) is 22.9. The summed E-state index contributed by atoms with van der Waals surface area (Å²) in [6, 6.07) is 0. The van der Waals surface area contributed by atoms with Crippen molar-refractivity contribution in [2.24, 2.45) is 45.3 Å². The minimum atomic E-state index is -1.96. The molecule has 4 aliphatic carbocycles. The normalized spacial score (nSPS) is 51.8. The third-order valence-corrected chi connectivity index (χ3v) is 22.9. The summed E-state index contributed by atoms with van der Waals surface area (Å²) in [4.78, 5) is 0. The van der Waals surface area contributed by atoms with Gasteiger partial charge in [0.05, 0.1) is 56.9 Å². The highest BCUT2D eigenvalue weighted by Gasteiger charge is 2.70. The van der Waals surface area contributed by atoms with E-state index < -0.39 is 227 Å². The van der Waals surface area contributed by atoms with Crippen LogP contribution in [-0.4, -0.2) is 308 Å². The molecule has 0 amide bonds. The second-order valence-electron chi connectivity index (χ2n) is 28.7. The van der Waals surface area contributed by atoms with Gasteiger partial charge in [0, 0.05) is 10.8 Å². The fourth-order valence-electron chi connectivity index (χ4n) is 17.0. The molecule has 0 radical (unpaired) electrons. The summed E-state index contributed by atoms with van der Waals surface area (Å²) in [6.45, 7) is 12.6. The molecule has 0 aromatic rings. The number of aliphatic hydroxyl groups excluding tert-OH is 18. The van der Waals surface area contributed by atoms with Gasteiger partial charge in [-0.15, -0.1) is 0 Å². The first-order chi connectivity index (χ1) is 41.6. The van der Waals surface area contributed by atoms with Crippen molar-refractivity contribution in [2.45, 2.75) is 284 Å². The molecule has 5 aliphatic heterocycles. The Hall–Kier alpha value is -1.42. The van der Waals surface area contributed by atoms with Crippen LogP contribution in [0.3, 0.4) is 0 Å². The highest BCUT2D eigenvalue weighted by atomic mass is 16.8. The van der Waals surface area contributed by atoms with Crippen LogP contribution in [-0.2, 0) is 47.4 Å². The molecule has 3 unspecified atom stereocenters. The Bertz CT molecular complexity index is 2340. The topological polar surface area (TPSA) is 477 Å². The summed E-state index contributed by atoms with van der Waals surface area (Å²) >= 11 is 0. The Morgan fingerprint density at radius 2 is 0.955 bits per heavy atom. The van der Waals surface area contributed by atoms with Crippen molar-refractivity contribution >= 4 is 0 Å². The van der Waals surface area contributed by atoms with E-state index in [1.54, 1.807) is 0 Å². The minimum absolute atomic E-state index is 0.0310. The van der Waals surface area contributed by atoms with Crippen LogP contribution in [0.1, 0.15) is 107 Å². The largest absolute Gasteiger partial charge is 0.394 e. The smallest absolute Gasteiger partial charge is 0.187 e. The van der Waals surface area contributed by atoms with Gasteiger partial charge in [-0.3, -0.25) is 0 Å². The lowest BCUT2D eigenvalue weighted by molar-refractivity contribution is -0.380. The van der Waals surface area contributed by atoms with E-state index in [4.69, 9.17) is 47.4 Å². The lowest BCUT2D eigenvalue weighted by Gasteiger charge is -2.67. The number of ether oxygens (including phenoxy) is 10. The van der Waals surface area contributed by atoms with Crippen LogP contribution in [0.25, 0.3) is 0 Å². The van der Waals surface area contributed by atoms with Gasteiger partial charge in [-0.1, -0.05) is 53.2 Å². The predicted octanol–water partition coefficient (Wildman–Crippen LogP) is -5.41. The van der Waals surface area contributed by atoms with E-state index in [2.05, 4.69) is 33.8 Å². The molecule has 89 heavy (non-hydrogen) atoms. The molecule has 5 heterocycles. The van der Waals surface area contributed by atoms with Gasteiger partial charge in [0.25, 0.3) is 0 Å². The zero-order chi connectivity index (χ0) is 65.5. The molecular formula is C60H102O29. The number of allylic oxidation sites excluding steroid dienone is 1. The Labute approximate surface area is 517 Å². The molecule has 9 aliphatic rings. The molecule has 0 bridgehead atoms. The Balaban J connectivity index is 0.883. The lowest BCUT2D eigenvalue weighted by Crippen LogP contribution is -2.65. The molecule has 5 saturated heterocycles. The average Bonchev–Trinajstić information content (AvgIpc) is 1.66. The Morgan fingerprint density at radius 1 is 0.517 bits per heavy atom.